The molecule has 0 saturated carbocycles. The third-order valence-corrected chi connectivity index (χ3v) is 3.94. The topological polar surface area (TPSA) is 37.4 Å². The van der Waals surface area contributed by atoms with Gasteiger partial charge in [0.05, 0.1) is 5.69 Å². The van der Waals surface area contributed by atoms with Gasteiger partial charge in [0.25, 0.3) is 9.05 Å². The largest absolute Gasteiger partial charge is 0.370 e. The summed E-state index contributed by atoms with van der Waals surface area (Å²) in [4.78, 5) is 2.28. The highest BCUT2D eigenvalue weighted by atomic mass is 35.7. The van der Waals surface area contributed by atoms with E-state index in [0.29, 0.717) is 0 Å². The fraction of sp³-hybridized carbons (Fsp3) is 0.400. The second-order valence-electron chi connectivity index (χ2n) is 3.60. The molecule has 82 valence electrons. The van der Waals surface area contributed by atoms with Crippen LogP contribution in [-0.2, 0) is 9.05 Å². The molecule has 3 nitrogen and oxygen atoms in total. The zero-order valence-electron chi connectivity index (χ0n) is 8.19. The van der Waals surface area contributed by atoms with Gasteiger partial charge in [-0.1, -0.05) is 12.1 Å². The number of para-hydroxylation sites is 1. The van der Waals surface area contributed by atoms with Crippen LogP contribution in [0.4, 0.5) is 5.69 Å². The zero-order valence-corrected chi connectivity index (χ0v) is 9.76. The molecule has 2 rings (SSSR count). The van der Waals surface area contributed by atoms with Crippen LogP contribution < -0.4 is 4.90 Å². The Kier molecular flexibility index (Phi) is 2.89. The summed E-state index contributed by atoms with van der Waals surface area (Å²) in [6.45, 7) is 1.81. The molecule has 5 heteroatoms. The van der Waals surface area contributed by atoms with Gasteiger partial charge in [-0.3, -0.25) is 0 Å². The maximum Gasteiger partial charge on any atom is 0.263 e. The van der Waals surface area contributed by atoms with E-state index in [-0.39, 0.29) is 4.90 Å². The Bertz CT molecular complexity index is 452. The third-order valence-electron chi connectivity index (χ3n) is 2.57. The summed E-state index contributed by atoms with van der Waals surface area (Å²) in [7, 11) is 1.75. The van der Waals surface area contributed by atoms with Crippen LogP contribution >= 0.6 is 10.7 Å². The average Bonchev–Trinajstić information content (AvgIpc) is 2.69. The van der Waals surface area contributed by atoms with Gasteiger partial charge in [-0.15, -0.1) is 0 Å². The molecule has 15 heavy (non-hydrogen) atoms. The van der Waals surface area contributed by atoms with Crippen molar-refractivity contribution >= 4 is 25.4 Å². The Balaban J connectivity index is 2.46. The maximum atomic E-state index is 11.3. The molecule has 0 N–H and O–H groups in total. The molecule has 0 spiro atoms. The second kappa shape index (κ2) is 4.02. The lowest BCUT2D eigenvalue weighted by Crippen LogP contribution is -2.19. The van der Waals surface area contributed by atoms with Crippen LogP contribution in [0.15, 0.2) is 29.2 Å². The van der Waals surface area contributed by atoms with Crippen LogP contribution in [0.5, 0.6) is 0 Å². The molecular weight excluding hydrogens is 234 g/mol. The van der Waals surface area contributed by atoms with Gasteiger partial charge in [0, 0.05) is 23.8 Å². The van der Waals surface area contributed by atoms with E-state index >= 15 is 0 Å². The summed E-state index contributed by atoms with van der Waals surface area (Å²) < 4.78 is 22.7. The Morgan fingerprint density at radius 3 is 2.33 bits per heavy atom. The molecule has 0 bridgehead atoms. The van der Waals surface area contributed by atoms with Crippen molar-refractivity contribution in [3.63, 3.8) is 0 Å². The van der Waals surface area contributed by atoms with Gasteiger partial charge < -0.3 is 4.90 Å². The molecular formula is C10H12ClNO2S. The van der Waals surface area contributed by atoms with E-state index < -0.39 is 9.05 Å². The fourth-order valence-electron chi connectivity index (χ4n) is 1.88. The smallest absolute Gasteiger partial charge is 0.263 e. The molecule has 1 aliphatic heterocycles. The lowest BCUT2D eigenvalue weighted by atomic mass is 10.3. The van der Waals surface area contributed by atoms with Crippen LogP contribution in [0.1, 0.15) is 12.8 Å². The van der Waals surface area contributed by atoms with E-state index in [1.165, 1.54) is 0 Å². The Labute approximate surface area is 94.1 Å². The summed E-state index contributed by atoms with van der Waals surface area (Å²) in [6.07, 6.45) is 2.22. The van der Waals surface area contributed by atoms with E-state index in [1.807, 2.05) is 6.07 Å². The Hall–Kier alpha value is -0.740. The number of rotatable bonds is 2. The van der Waals surface area contributed by atoms with Crippen LogP contribution in [-0.4, -0.2) is 21.5 Å². The van der Waals surface area contributed by atoms with Gasteiger partial charge in [-0.05, 0) is 25.0 Å². The van der Waals surface area contributed by atoms with Crippen molar-refractivity contribution in [2.75, 3.05) is 18.0 Å². The first-order valence-electron chi connectivity index (χ1n) is 4.88. The average molecular weight is 246 g/mol. The number of nitrogens with zero attached hydrogens (tertiary/aromatic N) is 1. The highest BCUT2D eigenvalue weighted by Gasteiger charge is 2.21. The molecule has 1 fully saturated rings. The standard InChI is InChI=1S/C10H12ClNO2S/c11-15(13,14)10-6-2-1-5-9(10)12-7-3-4-8-12/h1-2,5-6H,3-4,7-8H2. The monoisotopic (exact) mass is 245 g/mol. The van der Waals surface area contributed by atoms with E-state index in [2.05, 4.69) is 4.90 Å². The molecule has 0 radical (unpaired) electrons. The molecule has 0 aliphatic carbocycles. The number of halogens is 1. The van der Waals surface area contributed by atoms with Crippen molar-refractivity contribution in [1.82, 2.24) is 0 Å². The lowest BCUT2D eigenvalue weighted by Gasteiger charge is -2.19. The minimum atomic E-state index is -3.64. The summed E-state index contributed by atoms with van der Waals surface area (Å²) in [6, 6.07) is 6.88. The van der Waals surface area contributed by atoms with Crippen LogP contribution in [0.3, 0.4) is 0 Å². The molecule has 0 atom stereocenters. The minimum Gasteiger partial charge on any atom is -0.370 e. The van der Waals surface area contributed by atoms with Gasteiger partial charge in [-0.2, -0.15) is 0 Å². The van der Waals surface area contributed by atoms with E-state index in [0.717, 1.165) is 31.6 Å². The van der Waals surface area contributed by atoms with Gasteiger partial charge in [-0.25, -0.2) is 8.42 Å². The SMILES string of the molecule is O=S(=O)(Cl)c1ccccc1N1CCCC1. The quantitative estimate of drug-likeness (QED) is 0.750. The van der Waals surface area contributed by atoms with Crippen molar-refractivity contribution < 1.29 is 8.42 Å². The van der Waals surface area contributed by atoms with Crippen molar-refractivity contribution in [3.05, 3.63) is 24.3 Å². The van der Waals surface area contributed by atoms with Crippen molar-refractivity contribution in [3.8, 4) is 0 Å². The van der Waals surface area contributed by atoms with Gasteiger partial charge >= 0.3 is 0 Å². The molecule has 1 saturated heterocycles. The van der Waals surface area contributed by atoms with Gasteiger partial charge in [0.2, 0.25) is 0 Å². The predicted octanol–water partition coefficient (Wildman–Crippen LogP) is 2.21. The second-order valence-corrected chi connectivity index (χ2v) is 6.13. The molecule has 0 aromatic heterocycles. The molecule has 1 aliphatic rings. The number of benzene rings is 1. The number of hydrogen-bond donors (Lipinski definition) is 0. The van der Waals surface area contributed by atoms with Crippen molar-refractivity contribution in [2.45, 2.75) is 17.7 Å². The van der Waals surface area contributed by atoms with Gasteiger partial charge in [0.1, 0.15) is 4.90 Å². The summed E-state index contributed by atoms with van der Waals surface area (Å²) in [5.41, 5.74) is 0.727. The maximum absolute atomic E-state index is 11.3. The van der Waals surface area contributed by atoms with Gasteiger partial charge in [0.15, 0.2) is 0 Å². The van der Waals surface area contributed by atoms with Crippen LogP contribution in [0.25, 0.3) is 0 Å². The molecule has 0 unspecified atom stereocenters. The summed E-state index contributed by atoms with van der Waals surface area (Å²) in [5, 5.41) is 0. The van der Waals surface area contributed by atoms with Crippen LogP contribution in [0, 0.1) is 0 Å². The van der Waals surface area contributed by atoms with Crippen LogP contribution in [0.2, 0.25) is 0 Å². The first-order valence-corrected chi connectivity index (χ1v) is 7.18. The summed E-state index contributed by atoms with van der Waals surface area (Å²) >= 11 is 0. The van der Waals surface area contributed by atoms with Crippen molar-refractivity contribution in [2.24, 2.45) is 0 Å². The molecule has 1 heterocycles. The Morgan fingerprint density at radius 2 is 1.73 bits per heavy atom. The predicted molar refractivity (Wildman–Crippen MR) is 60.9 cm³/mol. The van der Waals surface area contributed by atoms with E-state index in [4.69, 9.17) is 10.7 Å². The summed E-state index contributed by atoms with van der Waals surface area (Å²) in [5.74, 6) is 0. The number of anilines is 1. The first-order chi connectivity index (χ1) is 7.09. The third kappa shape index (κ3) is 2.26. The zero-order chi connectivity index (χ0) is 10.9. The normalized spacial score (nSPS) is 17.0. The molecule has 1 aromatic rings. The lowest BCUT2D eigenvalue weighted by molar-refractivity contribution is 0.609. The van der Waals surface area contributed by atoms with Crippen molar-refractivity contribution in [1.29, 1.82) is 0 Å². The fourth-order valence-corrected chi connectivity index (χ4v) is 2.96. The molecule has 1 aromatic carbocycles. The highest BCUT2D eigenvalue weighted by molar-refractivity contribution is 8.13. The number of hydrogen-bond acceptors (Lipinski definition) is 3. The Morgan fingerprint density at radius 1 is 1.13 bits per heavy atom. The van der Waals surface area contributed by atoms with E-state index in [9.17, 15) is 8.42 Å². The minimum absolute atomic E-state index is 0.216. The molecule has 0 amide bonds. The highest BCUT2D eigenvalue weighted by Crippen LogP contribution is 2.29. The van der Waals surface area contributed by atoms with E-state index in [1.54, 1.807) is 18.2 Å². The first kappa shape index (κ1) is 10.8.